The molecule has 0 saturated heterocycles. The van der Waals surface area contributed by atoms with Crippen molar-refractivity contribution >= 4 is 53.8 Å². The molecule has 0 spiro atoms. The van der Waals surface area contributed by atoms with Crippen LogP contribution in [0.5, 0.6) is 0 Å². The van der Waals surface area contributed by atoms with E-state index in [4.69, 9.17) is 11.5 Å². The molecule has 1 amide bonds. The predicted octanol–water partition coefficient (Wildman–Crippen LogP) is 0.00790. The summed E-state index contributed by atoms with van der Waals surface area (Å²) in [5.74, 6) is -0.481. The third kappa shape index (κ3) is 2.71. The van der Waals surface area contributed by atoms with E-state index in [0.717, 1.165) is 0 Å². The minimum absolute atomic E-state index is 0. The Balaban J connectivity index is 0.00000121. The maximum absolute atomic E-state index is 10.6. The van der Waals surface area contributed by atoms with Crippen LogP contribution in [0.2, 0.25) is 0 Å². The zero-order chi connectivity index (χ0) is 8.43. The first-order valence-electron chi connectivity index (χ1n) is 2.99. The molecule has 0 aliphatic heterocycles. The Labute approximate surface area is 98.2 Å². The van der Waals surface area contributed by atoms with Gasteiger partial charge in [0, 0.05) is 16.1 Å². The molecule has 5 heteroatoms. The van der Waals surface area contributed by atoms with Crippen molar-refractivity contribution < 1.29 is 4.79 Å². The number of hydrogen-bond acceptors (Lipinski definition) is 3. The molecular weight excluding hydrogens is 183 g/mol. The number of nitrogens with two attached hydrogens (primary N) is 2. The Morgan fingerprint density at radius 2 is 2.00 bits per heavy atom. The molecule has 0 atom stereocenters. The first-order valence-corrected chi connectivity index (χ1v) is 3.44. The van der Waals surface area contributed by atoms with Crippen LogP contribution in [-0.4, -0.2) is 35.5 Å². The summed E-state index contributed by atoms with van der Waals surface area (Å²) in [5, 5.41) is 0. The molecule has 0 bridgehead atoms. The van der Waals surface area contributed by atoms with Crippen LogP contribution in [0, 0.1) is 0 Å². The monoisotopic (exact) mass is 192 g/mol. The van der Waals surface area contributed by atoms with Crippen molar-refractivity contribution in [3.8, 4) is 0 Å². The molecule has 0 fully saturated rings. The zero-order valence-electron chi connectivity index (χ0n) is 5.74. The number of amides is 1. The number of hydrogen-bond donors (Lipinski definition) is 3. The topological polar surface area (TPSA) is 69.1 Å². The number of primary amides is 1. The zero-order valence-corrected chi connectivity index (χ0v) is 6.64. The van der Waals surface area contributed by atoms with Crippen molar-refractivity contribution in [2.45, 2.75) is 4.90 Å². The van der Waals surface area contributed by atoms with E-state index in [1.54, 1.807) is 12.1 Å². The number of benzene rings is 1. The molecule has 0 aliphatic rings. The molecular formula is C7H9N2NaOS. The van der Waals surface area contributed by atoms with Gasteiger partial charge in [0.2, 0.25) is 5.91 Å². The first kappa shape index (κ1) is 11.8. The molecule has 0 aromatic heterocycles. The fourth-order valence-electron chi connectivity index (χ4n) is 0.708. The van der Waals surface area contributed by atoms with Gasteiger partial charge in [0.15, 0.2) is 0 Å². The average Bonchev–Trinajstić information content (AvgIpc) is 1.94. The van der Waals surface area contributed by atoms with Crippen LogP contribution in [-0.2, 0) is 0 Å². The second-order valence-corrected chi connectivity index (χ2v) is 2.62. The van der Waals surface area contributed by atoms with E-state index >= 15 is 0 Å². The van der Waals surface area contributed by atoms with Crippen LogP contribution >= 0.6 is 12.6 Å². The van der Waals surface area contributed by atoms with Gasteiger partial charge in [-0.25, -0.2) is 0 Å². The third-order valence-corrected chi connectivity index (χ3v) is 1.72. The van der Waals surface area contributed by atoms with Gasteiger partial charge in [-0.15, -0.1) is 12.6 Å². The van der Waals surface area contributed by atoms with E-state index in [1.165, 1.54) is 6.07 Å². The fraction of sp³-hybridized carbons (Fsp3) is 0. The van der Waals surface area contributed by atoms with Gasteiger partial charge in [-0.05, 0) is 18.2 Å². The first-order chi connectivity index (χ1) is 5.11. The molecule has 1 aromatic carbocycles. The second-order valence-electron chi connectivity index (χ2n) is 2.14. The Morgan fingerprint density at radius 1 is 1.42 bits per heavy atom. The average molecular weight is 192 g/mol. The fourth-order valence-corrected chi connectivity index (χ4v) is 0.847. The predicted molar refractivity (Wildman–Crippen MR) is 53.8 cm³/mol. The molecule has 4 N–H and O–H groups in total. The molecule has 1 aromatic rings. The summed E-state index contributed by atoms with van der Waals surface area (Å²) in [6.45, 7) is 0. The number of anilines is 1. The van der Waals surface area contributed by atoms with E-state index in [0.29, 0.717) is 16.1 Å². The van der Waals surface area contributed by atoms with Crippen LogP contribution in [0.15, 0.2) is 23.1 Å². The second kappa shape index (κ2) is 4.77. The number of thiol groups is 1. The quantitative estimate of drug-likeness (QED) is 0.333. The molecule has 0 radical (unpaired) electrons. The summed E-state index contributed by atoms with van der Waals surface area (Å²) in [7, 11) is 0. The van der Waals surface area contributed by atoms with Crippen LogP contribution in [0.3, 0.4) is 0 Å². The van der Waals surface area contributed by atoms with Gasteiger partial charge in [-0.1, -0.05) is 0 Å². The number of rotatable bonds is 1. The molecule has 0 saturated carbocycles. The van der Waals surface area contributed by atoms with E-state index in [-0.39, 0.29) is 29.6 Å². The minimum atomic E-state index is -0.481. The van der Waals surface area contributed by atoms with Crippen LogP contribution in [0.4, 0.5) is 5.69 Å². The van der Waals surface area contributed by atoms with Crippen LogP contribution < -0.4 is 11.5 Å². The SMILES string of the molecule is NC(=O)c1ccc(S)c(N)c1.[NaH]. The normalized spacial score (nSPS) is 8.75. The molecule has 12 heavy (non-hydrogen) atoms. The van der Waals surface area contributed by atoms with Crippen molar-refractivity contribution in [3.63, 3.8) is 0 Å². The van der Waals surface area contributed by atoms with Crippen molar-refractivity contribution in [3.05, 3.63) is 23.8 Å². The molecule has 1 rings (SSSR count). The summed E-state index contributed by atoms with van der Waals surface area (Å²) >= 11 is 4.04. The van der Waals surface area contributed by atoms with Crippen molar-refractivity contribution in [1.29, 1.82) is 0 Å². The number of nitrogen functional groups attached to an aromatic ring is 1. The van der Waals surface area contributed by atoms with Gasteiger partial charge in [0.25, 0.3) is 0 Å². The summed E-state index contributed by atoms with van der Waals surface area (Å²) in [4.78, 5) is 11.3. The van der Waals surface area contributed by atoms with Gasteiger partial charge in [-0.2, -0.15) is 0 Å². The van der Waals surface area contributed by atoms with Crippen molar-refractivity contribution in [2.75, 3.05) is 5.73 Å². The van der Waals surface area contributed by atoms with E-state index in [2.05, 4.69) is 12.6 Å². The summed E-state index contributed by atoms with van der Waals surface area (Å²) < 4.78 is 0. The van der Waals surface area contributed by atoms with Crippen LogP contribution in [0.1, 0.15) is 10.4 Å². The van der Waals surface area contributed by atoms with Crippen molar-refractivity contribution in [2.24, 2.45) is 5.73 Å². The molecule has 0 aliphatic carbocycles. The van der Waals surface area contributed by atoms with E-state index in [9.17, 15) is 4.79 Å². The van der Waals surface area contributed by atoms with Gasteiger partial charge >= 0.3 is 29.6 Å². The number of carbonyl (C=O) groups is 1. The Kier molecular flexibility index (Phi) is 4.70. The standard InChI is InChI=1S/C7H8N2OS.Na.H/c8-5-3-4(7(9)10)1-2-6(5)11;;/h1-3,11H,8H2,(H2,9,10);;. The Morgan fingerprint density at radius 3 is 2.42 bits per heavy atom. The van der Waals surface area contributed by atoms with Crippen LogP contribution in [0.25, 0.3) is 0 Å². The van der Waals surface area contributed by atoms with Crippen molar-refractivity contribution in [1.82, 2.24) is 0 Å². The van der Waals surface area contributed by atoms with Gasteiger partial charge in [0.1, 0.15) is 0 Å². The Hall–Kier alpha value is -0.160. The van der Waals surface area contributed by atoms with Gasteiger partial charge in [0.05, 0.1) is 0 Å². The molecule has 0 unspecified atom stereocenters. The molecule has 60 valence electrons. The molecule has 0 heterocycles. The molecule has 3 nitrogen and oxygen atoms in total. The summed E-state index contributed by atoms with van der Waals surface area (Å²) in [6, 6.07) is 4.73. The van der Waals surface area contributed by atoms with E-state index in [1.807, 2.05) is 0 Å². The third-order valence-electron chi connectivity index (χ3n) is 1.31. The Bertz CT molecular complexity index is 303. The summed E-state index contributed by atoms with van der Waals surface area (Å²) in [5.41, 5.74) is 11.4. The maximum atomic E-state index is 10.6. The van der Waals surface area contributed by atoms with Gasteiger partial charge in [-0.3, -0.25) is 4.79 Å². The summed E-state index contributed by atoms with van der Waals surface area (Å²) in [6.07, 6.45) is 0. The number of carbonyl (C=O) groups excluding carboxylic acids is 1. The van der Waals surface area contributed by atoms with E-state index < -0.39 is 5.91 Å². The van der Waals surface area contributed by atoms with Gasteiger partial charge < -0.3 is 11.5 Å².